The Morgan fingerprint density at radius 1 is 0.895 bits per heavy atom. The van der Waals surface area contributed by atoms with Gasteiger partial charge < -0.3 is 9.88 Å². The normalized spacial score (nSPS) is 11.1. The van der Waals surface area contributed by atoms with Crippen LogP contribution in [0.4, 0.5) is 14.5 Å². The predicted molar refractivity (Wildman–Crippen MR) is 148 cm³/mol. The highest BCUT2D eigenvalue weighted by Gasteiger charge is 2.24. The van der Waals surface area contributed by atoms with Crippen molar-refractivity contribution in [1.29, 1.82) is 0 Å². The maximum absolute atomic E-state index is 14.1. The molecular weight excluding hydrogens is 506 g/mol. The highest BCUT2D eigenvalue weighted by Crippen LogP contribution is 2.33. The van der Waals surface area contributed by atoms with Gasteiger partial charge in [0.05, 0.1) is 12.1 Å². The van der Waals surface area contributed by atoms with E-state index in [-0.39, 0.29) is 17.7 Å². The molecular formula is C31H23ClF2N2O2. The second-order valence-electron chi connectivity index (χ2n) is 9.22. The molecule has 0 saturated heterocycles. The van der Waals surface area contributed by atoms with E-state index in [1.54, 1.807) is 24.3 Å². The molecule has 0 saturated carbocycles. The highest BCUT2D eigenvalue weighted by molar-refractivity contribution is 6.31. The van der Waals surface area contributed by atoms with Gasteiger partial charge >= 0.3 is 0 Å². The van der Waals surface area contributed by atoms with Gasteiger partial charge in [-0.2, -0.15) is 0 Å². The summed E-state index contributed by atoms with van der Waals surface area (Å²) in [5.74, 6) is -2.11. The molecule has 5 rings (SSSR count). The second-order valence-corrected chi connectivity index (χ2v) is 9.66. The van der Waals surface area contributed by atoms with E-state index in [1.165, 1.54) is 4.57 Å². The fourth-order valence-corrected chi connectivity index (χ4v) is 4.90. The number of rotatable bonds is 5. The SMILES string of the molecule is Cc1ccc(NC(=O)c2c(-c3ccccc3)c3cc(Cl)ccc3n(Cc3cc(F)cc(F)c3)c2=O)c(C)c1. The van der Waals surface area contributed by atoms with Crippen LogP contribution in [0, 0.1) is 25.5 Å². The first-order valence-corrected chi connectivity index (χ1v) is 12.3. The average Bonchev–Trinajstić information content (AvgIpc) is 2.87. The first kappa shape index (κ1) is 25.4. The van der Waals surface area contributed by atoms with Gasteiger partial charge in [-0.3, -0.25) is 9.59 Å². The summed E-state index contributed by atoms with van der Waals surface area (Å²) < 4.78 is 29.3. The van der Waals surface area contributed by atoms with Gasteiger partial charge in [-0.15, -0.1) is 0 Å². The molecule has 1 aromatic heterocycles. The lowest BCUT2D eigenvalue weighted by atomic mass is 9.95. The molecule has 0 unspecified atom stereocenters. The summed E-state index contributed by atoms with van der Waals surface area (Å²) in [5, 5.41) is 3.86. The van der Waals surface area contributed by atoms with Gasteiger partial charge in [0, 0.05) is 27.7 Å². The Balaban J connectivity index is 1.79. The van der Waals surface area contributed by atoms with Crippen molar-refractivity contribution >= 4 is 34.1 Å². The molecule has 0 aliphatic carbocycles. The minimum absolute atomic E-state index is 0.0946. The van der Waals surface area contributed by atoms with Crippen LogP contribution in [0.3, 0.4) is 0 Å². The Bertz CT molecular complexity index is 1740. The van der Waals surface area contributed by atoms with Crippen molar-refractivity contribution in [3.8, 4) is 11.1 Å². The van der Waals surface area contributed by atoms with Gasteiger partial charge in [-0.25, -0.2) is 8.78 Å². The van der Waals surface area contributed by atoms with Gasteiger partial charge in [0.2, 0.25) is 0 Å². The molecule has 190 valence electrons. The van der Waals surface area contributed by atoms with Crippen LogP contribution in [0.15, 0.2) is 89.7 Å². The molecule has 4 aromatic carbocycles. The van der Waals surface area contributed by atoms with E-state index in [9.17, 15) is 18.4 Å². The van der Waals surface area contributed by atoms with E-state index in [1.807, 2.05) is 56.3 Å². The molecule has 0 spiro atoms. The third-order valence-electron chi connectivity index (χ3n) is 6.41. The number of benzene rings is 4. The van der Waals surface area contributed by atoms with Gasteiger partial charge in [0.15, 0.2) is 0 Å². The zero-order valence-electron chi connectivity index (χ0n) is 20.7. The molecule has 4 nitrogen and oxygen atoms in total. The molecule has 0 atom stereocenters. The van der Waals surface area contributed by atoms with Crippen molar-refractivity contribution in [1.82, 2.24) is 4.57 Å². The molecule has 1 N–H and O–H groups in total. The molecule has 0 aliphatic heterocycles. The number of anilines is 1. The van der Waals surface area contributed by atoms with Crippen molar-refractivity contribution in [3.63, 3.8) is 0 Å². The average molecular weight is 529 g/mol. The van der Waals surface area contributed by atoms with Gasteiger partial charge in [-0.05, 0) is 66.9 Å². The number of fused-ring (bicyclic) bond motifs is 1. The highest BCUT2D eigenvalue weighted by atomic mass is 35.5. The van der Waals surface area contributed by atoms with E-state index < -0.39 is 23.1 Å². The standard InChI is InChI=1S/C31H23ClF2N2O2/c1-18-8-10-26(19(2)12-18)35-30(37)29-28(21-6-4-3-5-7-21)25-15-22(32)9-11-27(25)36(31(29)38)17-20-13-23(33)16-24(34)14-20/h3-16H,17H2,1-2H3,(H,35,37). The third kappa shape index (κ3) is 4.95. The minimum Gasteiger partial charge on any atom is -0.322 e. The smallest absolute Gasteiger partial charge is 0.264 e. The second kappa shape index (κ2) is 10.2. The lowest BCUT2D eigenvalue weighted by Gasteiger charge is -2.19. The summed E-state index contributed by atoms with van der Waals surface area (Å²) in [7, 11) is 0. The Morgan fingerprint density at radius 3 is 2.29 bits per heavy atom. The summed E-state index contributed by atoms with van der Waals surface area (Å²) in [6, 6.07) is 22.8. The van der Waals surface area contributed by atoms with Crippen LogP contribution in [-0.4, -0.2) is 10.5 Å². The number of nitrogens with one attached hydrogen (secondary N) is 1. The zero-order chi connectivity index (χ0) is 27.0. The number of amides is 1. The number of aryl methyl sites for hydroxylation is 2. The monoisotopic (exact) mass is 528 g/mol. The van der Waals surface area contributed by atoms with Crippen molar-refractivity contribution in [2.75, 3.05) is 5.32 Å². The van der Waals surface area contributed by atoms with E-state index in [0.717, 1.165) is 29.3 Å². The maximum Gasteiger partial charge on any atom is 0.264 e. The van der Waals surface area contributed by atoms with E-state index >= 15 is 0 Å². The molecule has 1 heterocycles. The van der Waals surface area contributed by atoms with Gasteiger partial charge in [0.25, 0.3) is 11.5 Å². The first-order chi connectivity index (χ1) is 18.2. The number of nitrogens with zero attached hydrogens (tertiary/aromatic N) is 1. The summed E-state index contributed by atoms with van der Waals surface area (Å²) in [6.45, 7) is 3.68. The first-order valence-electron chi connectivity index (χ1n) is 12.0. The maximum atomic E-state index is 14.1. The Kier molecular flexibility index (Phi) is 6.83. The third-order valence-corrected chi connectivity index (χ3v) is 6.65. The fourth-order valence-electron chi connectivity index (χ4n) is 4.73. The molecule has 38 heavy (non-hydrogen) atoms. The van der Waals surface area contributed by atoms with Crippen LogP contribution >= 0.6 is 11.6 Å². The number of aromatic nitrogens is 1. The summed E-state index contributed by atoms with van der Waals surface area (Å²) in [6.07, 6.45) is 0. The number of carbonyl (C=O) groups is 1. The molecule has 0 radical (unpaired) electrons. The number of pyridine rings is 1. The van der Waals surface area contributed by atoms with Crippen LogP contribution in [0.5, 0.6) is 0 Å². The van der Waals surface area contributed by atoms with Crippen LogP contribution in [0.1, 0.15) is 27.0 Å². The number of carbonyl (C=O) groups excluding carboxylic acids is 1. The zero-order valence-corrected chi connectivity index (χ0v) is 21.4. The van der Waals surface area contributed by atoms with E-state index in [0.29, 0.717) is 32.7 Å². The molecule has 0 fully saturated rings. The molecule has 7 heteroatoms. The van der Waals surface area contributed by atoms with Gasteiger partial charge in [0.1, 0.15) is 17.2 Å². The van der Waals surface area contributed by atoms with E-state index in [4.69, 9.17) is 11.6 Å². The number of hydrogen-bond acceptors (Lipinski definition) is 2. The van der Waals surface area contributed by atoms with E-state index in [2.05, 4.69) is 5.32 Å². The summed E-state index contributed by atoms with van der Waals surface area (Å²) in [5.41, 5.74) is 3.58. The fraction of sp³-hybridized carbons (Fsp3) is 0.0968. The molecule has 0 aliphatic rings. The minimum atomic E-state index is -0.755. The van der Waals surface area contributed by atoms with Crippen molar-refractivity contribution in [2.45, 2.75) is 20.4 Å². The largest absolute Gasteiger partial charge is 0.322 e. The molecule has 1 amide bonds. The van der Waals surface area contributed by atoms with Crippen molar-refractivity contribution in [3.05, 3.63) is 134 Å². The Labute approximate surface area is 223 Å². The van der Waals surface area contributed by atoms with Crippen LogP contribution in [-0.2, 0) is 6.54 Å². The molecule has 0 bridgehead atoms. The summed E-state index contributed by atoms with van der Waals surface area (Å²) >= 11 is 6.38. The van der Waals surface area contributed by atoms with Gasteiger partial charge in [-0.1, -0.05) is 59.6 Å². The number of halogens is 3. The van der Waals surface area contributed by atoms with Crippen molar-refractivity contribution < 1.29 is 13.6 Å². The molecule has 5 aromatic rings. The van der Waals surface area contributed by atoms with Crippen LogP contribution in [0.25, 0.3) is 22.0 Å². The van der Waals surface area contributed by atoms with Crippen LogP contribution in [0.2, 0.25) is 5.02 Å². The summed E-state index contributed by atoms with van der Waals surface area (Å²) in [4.78, 5) is 27.9. The topological polar surface area (TPSA) is 51.1 Å². The number of hydrogen-bond donors (Lipinski definition) is 1. The Hall–Kier alpha value is -4.29. The van der Waals surface area contributed by atoms with Crippen LogP contribution < -0.4 is 10.9 Å². The lowest BCUT2D eigenvalue weighted by Crippen LogP contribution is -2.31. The Morgan fingerprint density at radius 2 is 1.61 bits per heavy atom. The van der Waals surface area contributed by atoms with Crippen molar-refractivity contribution in [2.24, 2.45) is 0 Å². The predicted octanol–water partition coefficient (Wildman–Crippen LogP) is 7.52. The lowest BCUT2D eigenvalue weighted by molar-refractivity contribution is 0.102. The quantitative estimate of drug-likeness (QED) is 0.256.